The van der Waals surface area contributed by atoms with Gasteiger partial charge in [-0.3, -0.25) is 0 Å². The van der Waals surface area contributed by atoms with Crippen molar-refractivity contribution in [1.29, 1.82) is 0 Å². The molecule has 0 aromatic heterocycles. The predicted molar refractivity (Wildman–Crippen MR) is 82.5 cm³/mol. The summed E-state index contributed by atoms with van der Waals surface area (Å²) in [4.78, 5) is 0. The van der Waals surface area contributed by atoms with Crippen LogP contribution in [0.1, 0.15) is 12.5 Å². The Balaban J connectivity index is 1.75. The van der Waals surface area contributed by atoms with Crippen molar-refractivity contribution in [3.8, 4) is 17.2 Å². The number of halogens is 1. The molecule has 0 unspecified atom stereocenters. The van der Waals surface area contributed by atoms with Gasteiger partial charge in [0.2, 0.25) is 6.79 Å². The second-order valence-corrected chi connectivity index (χ2v) is 5.00. The lowest BCUT2D eigenvalue weighted by molar-refractivity contribution is 0.174. The Bertz CT molecular complexity index is 645. The Kier molecular flexibility index (Phi) is 4.06. The van der Waals surface area contributed by atoms with Crippen molar-refractivity contribution in [3.05, 3.63) is 47.0 Å². The average molecular weight is 306 g/mol. The third-order valence-electron chi connectivity index (χ3n) is 3.16. The van der Waals surface area contributed by atoms with Gasteiger partial charge in [-0.1, -0.05) is 23.7 Å². The van der Waals surface area contributed by atoms with E-state index in [1.54, 1.807) is 0 Å². The topological polar surface area (TPSA) is 39.7 Å². The molecular formula is C16H16ClNO3. The number of benzene rings is 2. The Labute approximate surface area is 128 Å². The van der Waals surface area contributed by atoms with Gasteiger partial charge in [0, 0.05) is 6.54 Å². The van der Waals surface area contributed by atoms with E-state index in [2.05, 4.69) is 5.32 Å². The highest BCUT2D eigenvalue weighted by molar-refractivity contribution is 6.32. The number of para-hydroxylation sites is 2. The molecule has 2 aromatic carbocycles. The SMILES string of the molecule is CCOc1ccccc1NCc1cc(Cl)c2c(c1)OCO2. The first kappa shape index (κ1) is 13.9. The van der Waals surface area contributed by atoms with Crippen LogP contribution in [0.25, 0.3) is 0 Å². The third-order valence-corrected chi connectivity index (χ3v) is 3.44. The van der Waals surface area contributed by atoms with E-state index in [0.717, 1.165) is 17.0 Å². The van der Waals surface area contributed by atoms with Crippen molar-refractivity contribution in [3.63, 3.8) is 0 Å². The van der Waals surface area contributed by atoms with Gasteiger partial charge in [-0.05, 0) is 36.8 Å². The Morgan fingerprint density at radius 3 is 2.95 bits per heavy atom. The van der Waals surface area contributed by atoms with Gasteiger partial charge in [-0.25, -0.2) is 0 Å². The summed E-state index contributed by atoms with van der Waals surface area (Å²) in [6, 6.07) is 11.7. The van der Waals surface area contributed by atoms with E-state index in [1.807, 2.05) is 43.3 Å². The van der Waals surface area contributed by atoms with E-state index >= 15 is 0 Å². The number of nitrogens with one attached hydrogen (secondary N) is 1. The van der Waals surface area contributed by atoms with E-state index in [0.29, 0.717) is 29.7 Å². The first-order valence-corrected chi connectivity index (χ1v) is 7.19. The molecule has 0 spiro atoms. The molecule has 1 aliphatic heterocycles. The zero-order valence-corrected chi connectivity index (χ0v) is 12.4. The molecule has 0 amide bonds. The maximum atomic E-state index is 6.18. The molecule has 3 rings (SSSR count). The fourth-order valence-electron chi connectivity index (χ4n) is 2.21. The highest BCUT2D eigenvalue weighted by atomic mass is 35.5. The fraction of sp³-hybridized carbons (Fsp3) is 0.250. The van der Waals surface area contributed by atoms with Crippen molar-refractivity contribution in [2.45, 2.75) is 13.5 Å². The normalized spacial score (nSPS) is 12.3. The van der Waals surface area contributed by atoms with E-state index in [1.165, 1.54) is 0 Å². The highest BCUT2D eigenvalue weighted by Gasteiger charge is 2.18. The number of anilines is 1. The van der Waals surface area contributed by atoms with Crippen LogP contribution in [0.4, 0.5) is 5.69 Å². The van der Waals surface area contributed by atoms with Gasteiger partial charge in [-0.2, -0.15) is 0 Å². The van der Waals surface area contributed by atoms with Gasteiger partial charge in [0.1, 0.15) is 5.75 Å². The van der Waals surface area contributed by atoms with Crippen LogP contribution in [-0.2, 0) is 6.54 Å². The standard InChI is InChI=1S/C16H16ClNO3/c1-2-19-14-6-4-3-5-13(14)18-9-11-7-12(17)16-15(8-11)20-10-21-16/h3-8,18H,2,9-10H2,1H3. The number of hydrogen-bond acceptors (Lipinski definition) is 4. The van der Waals surface area contributed by atoms with Crippen LogP contribution in [-0.4, -0.2) is 13.4 Å². The summed E-state index contributed by atoms with van der Waals surface area (Å²) in [6.45, 7) is 3.45. The smallest absolute Gasteiger partial charge is 0.231 e. The molecule has 1 N–H and O–H groups in total. The van der Waals surface area contributed by atoms with Crippen LogP contribution in [0.2, 0.25) is 5.02 Å². The number of hydrogen-bond donors (Lipinski definition) is 1. The molecule has 1 heterocycles. The Hall–Kier alpha value is -2.07. The second kappa shape index (κ2) is 6.14. The number of fused-ring (bicyclic) bond motifs is 1. The molecule has 0 saturated heterocycles. The summed E-state index contributed by atoms with van der Waals surface area (Å²) in [7, 11) is 0. The van der Waals surface area contributed by atoms with Crippen molar-refractivity contribution in [1.82, 2.24) is 0 Å². The molecule has 1 aliphatic rings. The predicted octanol–water partition coefficient (Wildman–Crippen LogP) is 4.08. The molecule has 0 bridgehead atoms. The summed E-state index contributed by atoms with van der Waals surface area (Å²) in [6.07, 6.45) is 0. The molecule has 0 radical (unpaired) electrons. The maximum Gasteiger partial charge on any atom is 0.231 e. The minimum absolute atomic E-state index is 0.221. The first-order chi connectivity index (χ1) is 10.3. The van der Waals surface area contributed by atoms with Crippen molar-refractivity contribution in [2.75, 3.05) is 18.7 Å². The summed E-state index contributed by atoms with van der Waals surface area (Å²) in [5.74, 6) is 2.15. The number of ether oxygens (including phenoxy) is 3. The van der Waals surface area contributed by atoms with Crippen LogP contribution in [0, 0.1) is 0 Å². The molecule has 2 aromatic rings. The fourth-order valence-corrected chi connectivity index (χ4v) is 2.50. The molecule has 0 saturated carbocycles. The van der Waals surface area contributed by atoms with Crippen molar-refractivity contribution in [2.24, 2.45) is 0 Å². The molecule has 0 atom stereocenters. The Morgan fingerprint density at radius 2 is 2.10 bits per heavy atom. The van der Waals surface area contributed by atoms with Gasteiger partial charge in [-0.15, -0.1) is 0 Å². The second-order valence-electron chi connectivity index (χ2n) is 4.59. The minimum Gasteiger partial charge on any atom is -0.492 e. The molecule has 0 aliphatic carbocycles. The van der Waals surface area contributed by atoms with Crippen LogP contribution >= 0.6 is 11.6 Å². The lowest BCUT2D eigenvalue weighted by Crippen LogP contribution is -2.02. The summed E-state index contributed by atoms with van der Waals surface area (Å²) < 4.78 is 16.3. The summed E-state index contributed by atoms with van der Waals surface area (Å²) in [5, 5.41) is 3.92. The number of rotatable bonds is 5. The first-order valence-electron chi connectivity index (χ1n) is 6.81. The van der Waals surface area contributed by atoms with Crippen LogP contribution in [0.5, 0.6) is 17.2 Å². The van der Waals surface area contributed by atoms with Crippen LogP contribution in [0.3, 0.4) is 0 Å². The lowest BCUT2D eigenvalue weighted by atomic mass is 10.2. The molecule has 0 fully saturated rings. The van der Waals surface area contributed by atoms with Crippen LogP contribution in [0.15, 0.2) is 36.4 Å². The van der Waals surface area contributed by atoms with E-state index < -0.39 is 0 Å². The minimum atomic E-state index is 0.221. The average Bonchev–Trinajstić information content (AvgIpc) is 2.96. The summed E-state index contributed by atoms with van der Waals surface area (Å²) in [5.41, 5.74) is 1.98. The molecule has 21 heavy (non-hydrogen) atoms. The zero-order chi connectivity index (χ0) is 14.7. The summed E-state index contributed by atoms with van der Waals surface area (Å²) >= 11 is 6.18. The third kappa shape index (κ3) is 3.00. The molecular weight excluding hydrogens is 290 g/mol. The van der Waals surface area contributed by atoms with Crippen molar-refractivity contribution >= 4 is 17.3 Å². The monoisotopic (exact) mass is 305 g/mol. The van der Waals surface area contributed by atoms with Crippen molar-refractivity contribution < 1.29 is 14.2 Å². The van der Waals surface area contributed by atoms with Gasteiger partial charge in [0.05, 0.1) is 17.3 Å². The zero-order valence-electron chi connectivity index (χ0n) is 11.7. The Morgan fingerprint density at radius 1 is 1.24 bits per heavy atom. The molecule has 5 heteroatoms. The van der Waals surface area contributed by atoms with Gasteiger partial charge < -0.3 is 19.5 Å². The maximum absolute atomic E-state index is 6.18. The quantitative estimate of drug-likeness (QED) is 0.903. The van der Waals surface area contributed by atoms with Gasteiger partial charge in [0.15, 0.2) is 11.5 Å². The highest BCUT2D eigenvalue weighted by Crippen LogP contribution is 2.40. The van der Waals surface area contributed by atoms with Gasteiger partial charge >= 0.3 is 0 Å². The molecule has 110 valence electrons. The van der Waals surface area contributed by atoms with E-state index in [4.69, 9.17) is 25.8 Å². The van der Waals surface area contributed by atoms with Crippen LogP contribution < -0.4 is 19.5 Å². The van der Waals surface area contributed by atoms with E-state index in [-0.39, 0.29) is 6.79 Å². The largest absolute Gasteiger partial charge is 0.492 e. The van der Waals surface area contributed by atoms with Gasteiger partial charge in [0.25, 0.3) is 0 Å². The lowest BCUT2D eigenvalue weighted by Gasteiger charge is -2.12. The van der Waals surface area contributed by atoms with E-state index in [9.17, 15) is 0 Å². The molecule has 4 nitrogen and oxygen atoms in total.